The van der Waals surface area contributed by atoms with Crippen LogP contribution in [0.2, 0.25) is 0 Å². The van der Waals surface area contributed by atoms with E-state index in [0.717, 1.165) is 24.2 Å². The lowest BCUT2D eigenvalue weighted by Gasteiger charge is -2.37. The predicted molar refractivity (Wildman–Crippen MR) is 120 cm³/mol. The monoisotopic (exact) mass is 384 g/mol. The van der Waals surface area contributed by atoms with E-state index in [0.29, 0.717) is 0 Å². The summed E-state index contributed by atoms with van der Waals surface area (Å²) in [4.78, 5) is 4.79. The number of rotatable bonds is 8. The molecule has 0 amide bonds. The van der Waals surface area contributed by atoms with Crippen LogP contribution in [-0.4, -0.2) is 17.7 Å². The highest BCUT2D eigenvalue weighted by atomic mass is 31.2. The van der Waals surface area contributed by atoms with E-state index in [9.17, 15) is 4.57 Å². The van der Waals surface area contributed by atoms with E-state index >= 15 is 0 Å². The van der Waals surface area contributed by atoms with Gasteiger partial charge in [0.15, 0.2) is 7.29 Å². The summed E-state index contributed by atoms with van der Waals surface area (Å²) in [5, 5.41) is 0. The topological polar surface area (TPSA) is 32.7 Å². The first kappa shape index (κ1) is 21.4. The molecule has 2 aromatic carbocycles. The van der Waals surface area contributed by atoms with Gasteiger partial charge in [0.05, 0.1) is 11.4 Å². The fraction of sp³-hybridized carbons (Fsp3) is 0.435. The zero-order valence-electron chi connectivity index (χ0n) is 17.5. The van der Waals surface area contributed by atoms with E-state index < -0.39 is 7.29 Å². The van der Waals surface area contributed by atoms with Crippen LogP contribution in [0.4, 0.5) is 11.4 Å². The van der Waals surface area contributed by atoms with Crippen molar-refractivity contribution in [1.82, 2.24) is 0 Å². The standard InChI is InChI=1S/C23H33N2OP/c1-7-20-13-9-11-15-22(20)24-17-25(27(26,18(3)4)19(5)6)23-16-12-10-14-21(23)8-2/h9-19H,7-8H2,1-6H3. The van der Waals surface area contributed by atoms with Crippen molar-refractivity contribution in [1.29, 1.82) is 0 Å². The number of anilines is 1. The van der Waals surface area contributed by atoms with Gasteiger partial charge in [0.25, 0.3) is 0 Å². The molecule has 0 heterocycles. The molecule has 0 atom stereocenters. The molecule has 146 valence electrons. The van der Waals surface area contributed by atoms with Crippen molar-refractivity contribution >= 4 is 25.0 Å². The molecule has 2 aromatic rings. The van der Waals surface area contributed by atoms with Gasteiger partial charge in [-0.05, 0) is 36.1 Å². The normalized spacial score (nSPS) is 12.3. The fourth-order valence-electron chi connectivity index (χ4n) is 3.49. The maximum atomic E-state index is 14.2. The molecule has 0 bridgehead atoms. The largest absolute Gasteiger partial charge is 0.299 e. The summed E-state index contributed by atoms with van der Waals surface area (Å²) in [6, 6.07) is 16.4. The van der Waals surface area contributed by atoms with Gasteiger partial charge in [-0.2, -0.15) is 0 Å². The molecule has 4 heteroatoms. The third-order valence-corrected chi connectivity index (χ3v) is 9.07. The summed E-state index contributed by atoms with van der Waals surface area (Å²) in [5.74, 6) is 0. The highest BCUT2D eigenvalue weighted by Crippen LogP contribution is 2.59. The Balaban J connectivity index is 2.63. The van der Waals surface area contributed by atoms with Crippen molar-refractivity contribution in [2.75, 3.05) is 4.67 Å². The van der Waals surface area contributed by atoms with Crippen LogP contribution in [0.25, 0.3) is 0 Å². The Labute approximate surface area is 165 Å². The van der Waals surface area contributed by atoms with Crippen LogP contribution in [0, 0.1) is 0 Å². The van der Waals surface area contributed by atoms with Crippen LogP contribution in [-0.2, 0) is 17.4 Å². The molecule has 0 spiro atoms. The van der Waals surface area contributed by atoms with Crippen LogP contribution in [0.1, 0.15) is 52.7 Å². The van der Waals surface area contributed by atoms with Gasteiger partial charge in [0, 0.05) is 11.3 Å². The zero-order chi connectivity index (χ0) is 20.0. The molecule has 0 saturated heterocycles. The molecule has 0 aliphatic carbocycles. The third kappa shape index (κ3) is 4.52. The number of para-hydroxylation sites is 2. The van der Waals surface area contributed by atoms with E-state index in [-0.39, 0.29) is 11.3 Å². The van der Waals surface area contributed by atoms with E-state index in [1.54, 1.807) is 0 Å². The highest BCUT2D eigenvalue weighted by Gasteiger charge is 2.37. The molecule has 0 aromatic heterocycles. The summed E-state index contributed by atoms with van der Waals surface area (Å²) in [6.07, 6.45) is 3.62. The van der Waals surface area contributed by atoms with Gasteiger partial charge in [-0.3, -0.25) is 9.24 Å². The minimum atomic E-state index is -2.71. The first-order valence-electron chi connectivity index (χ1n) is 9.95. The summed E-state index contributed by atoms with van der Waals surface area (Å²) in [6.45, 7) is 12.5. The Morgan fingerprint density at radius 1 is 0.889 bits per heavy atom. The maximum absolute atomic E-state index is 14.2. The molecule has 0 aliphatic rings. The minimum absolute atomic E-state index is 0.0373. The van der Waals surface area contributed by atoms with E-state index in [1.807, 2.05) is 41.3 Å². The number of aryl methyl sites for hydroxylation is 2. The molecular formula is C23H33N2OP. The molecule has 0 radical (unpaired) electrons. The maximum Gasteiger partial charge on any atom is 0.182 e. The summed E-state index contributed by atoms with van der Waals surface area (Å²) >= 11 is 0. The predicted octanol–water partition coefficient (Wildman–Crippen LogP) is 7.07. The van der Waals surface area contributed by atoms with Gasteiger partial charge in [0.2, 0.25) is 0 Å². The van der Waals surface area contributed by atoms with Crippen LogP contribution >= 0.6 is 7.29 Å². The third-order valence-electron chi connectivity index (χ3n) is 5.11. The molecule has 0 saturated carbocycles. The van der Waals surface area contributed by atoms with Gasteiger partial charge in [-0.15, -0.1) is 0 Å². The van der Waals surface area contributed by atoms with E-state index in [1.165, 1.54) is 11.1 Å². The Hall–Kier alpha value is -1.86. The fourth-order valence-corrected chi connectivity index (χ4v) is 6.42. The lowest BCUT2D eigenvalue weighted by molar-refractivity contribution is 0.562. The molecule has 27 heavy (non-hydrogen) atoms. The van der Waals surface area contributed by atoms with Crippen molar-refractivity contribution in [3.05, 3.63) is 59.7 Å². The number of nitrogens with zero attached hydrogens (tertiary/aromatic N) is 2. The minimum Gasteiger partial charge on any atom is -0.299 e. The van der Waals surface area contributed by atoms with Crippen molar-refractivity contribution in [2.45, 2.75) is 65.7 Å². The first-order valence-corrected chi connectivity index (χ1v) is 11.7. The van der Waals surface area contributed by atoms with Gasteiger partial charge >= 0.3 is 0 Å². The van der Waals surface area contributed by atoms with Gasteiger partial charge in [0.1, 0.15) is 6.34 Å². The lowest BCUT2D eigenvalue weighted by Crippen LogP contribution is -2.28. The van der Waals surface area contributed by atoms with Gasteiger partial charge < -0.3 is 0 Å². The molecule has 0 fully saturated rings. The lowest BCUT2D eigenvalue weighted by atomic mass is 10.1. The molecule has 3 nitrogen and oxygen atoms in total. The number of hydrogen-bond donors (Lipinski definition) is 0. The second-order valence-corrected chi connectivity index (χ2v) is 11.3. The highest BCUT2D eigenvalue weighted by molar-refractivity contribution is 7.67. The number of benzene rings is 2. The molecule has 0 N–H and O–H groups in total. The average Bonchev–Trinajstić information content (AvgIpc) is 2.68. The zero-order valence-corrected chi connectivity index (χ0v) is 18.4. The first-order chi connectivity index (χ1) is 12.9. The molecule has 0 unspecified atom stereocenters. The van der Waals surface area contributed by atoms with Crippen LogP contribution in [0.5, 0.6) is 0 Å². The number of hydrogen-bond acceptors (Lipinski definition) is 2. The SMILES string of the molecule is CCc1ccccc1N=CN(c1ccccc1CC)P(=O)(C(C)C)C(C)C. The smallest absolute Gasteiger partial charge is 0.182 e. The summed E-state index contributed by atoms with van der Waals surface area (Å²) in [5.41, 5.74) is 4.41. The average molecular weight is 385 g/mol. The summed E-state index contributed by atoms with van der Waals surface area (Å²) < 4.78 is 16.2. The van der Waals surface area contributed by atoms with Gasteiger partial charge in [-0.25, -0.2) is 4.99 Å². The van der Waals surface area contributed by atoms with Gasteiger partial charge in [-0.1, -0.05) is 77.9 Å². The van der Waals surface area contributed by atoms with Crippen molar-refractivity contribution < 1.29 is 4.57 Å². The van der Waals surface area contributed by atoms with Crippen molar-refractivity contribution in [2.24, 2.45) is 4.99 Å². The number of aliphatic imine (C=N–C) groups is 1. The van der Waals surface area contributed by atoms with E-state index in [4.69, 9.17) is 4.99 Å². The Bertz CT molecular complexity index is 815. The second-order valence-electron chi connectivity index (χ2n) is 7.41. The van der Waals surface area contributed by atoms with Crippen LogP contribution < -0.4 is 4.67 Å². The van der Waals surface area contributed by atoms with Crippen LogP contribution in [0.3, 0.4) is 0 Å². The molecule has 2 rings (SSSR count). The molecule has 0 aliphatic heterocycles. The Morgan fingerprint density at radius 2 is 1.41 bits per heavy atom. The summed E-state index contributed by atoms with van der Waals surface area (Å²) in [7, 11) is -2.71. The van der Waals surface area contributed by atoms with Crippen LogP contribution in [0.15, 0.2) is 53.5 Å². The van der Waals surface area contributed by atoms with Crippen molar-refractivity contribution in [3.63, 3.8) is 0 Å². The second kappa shape index (κ2) is 9.37. The quantitative estimate of drug-likeness (QED) is 0.277. The Morgan fingerprint density at radius 3 is 1.96 bits per heavy atom. The van der Waals surface area contributed by atoms with Crippen molar-refractivity contribution in [3.8, 4) is 0 Å². The molecular weight excluding hydrogens is 351 g/mol. The Kier molecular flexibility index (Phi) is 7.44. The van der Waals surface area contributed by atoms with E-state index in [2.05, 4.69) is 59.7 Å².